The van der Waals surface area contributed by atoms with Crippen LogP contribution in [0.3, 0.4) is 0 Å². The molecule has 134 valence electrons. The van der Waals surface area contributed by atoms with Crippen LogP contribution in [-0.4, -0.2) is 49.9 Å². The van der Waals surface area contributed by atoms with Crippen molar-refractivity contribution in [1.82, 2.24) is 10.2 Å². The molecule has 6 nitrogen and oxygen atoms in total. The van der Waals surface area contributed by atoms with Gasteiger partial charge in [-0.3, -0.25) is 9.69 Å². The highest BCUT2D eigenvalue weighted by atomic mass is 19.3. The fourth-order valence-corrected chi connectivity index (χ4v) is 2.83. The molecule has 1 aromatic rings. The van der Waals surface area contributed by atoms with E-state index >= 15 is 0 Å². The molecule has 24 heavy (non-hydrogen) atoms. The minimum Gasteiger partial charge on any atom is -0.465 e. The van der Waals surface area contributed by atoms with E-state index in [1.54, 1.807) is 17.9 Å². The Bertz CT molecular complexity index is 581. The number of hydrogen-bond donors (Lipinski definition) is 1. The highest BCUT2D eigenvalue weighted by Gasteiger charge is 2.26. The van der Waals surface area contributed by atoms with Crippen molar-refractivity contribution in [3.8, 4) is 0 Å². The van der Waals surface area contributed by atoms with Gasteiger partial charge in [0.2, 0.25) is 5.91 Å². The van der Waals surface area contributed by atoms with E-state index < -0.39 is 12.4 Å². The maximum Gasteiger partial charge on any atom is 0.341 e. The number of likely N-dealkylation sites (tertiary alicyclic amines) is 1. The second-order valence-corrected chi connectivity index (χ2v) is 5.86. The lowest BCUT2D eigenvalue weighted by Gasteiger charge is -2.30. The Hall–Kier alpha value is -1.96. The lowest BCUT2D eigenvalue weighted by atomic mass is 9.96. The van der Waals surface area contributed by atoms with Gasteiger partial charge in [0.15, 0.2) is 0 Å². The molecule has 1 fully saturated rings. The van der Waals surface area contributed by atoms with Crippen molar-refractivity contribution in [2.75, 3.05) is 26.7 Å². The smallest absolute Gasteiger partial charge is 0.341 e. The number of carbonyl (C=O) groups excluding carboxylic acids is 2. The highest BCUT2D eigenvalue weighted by molar-refractivity contribution is 5.90. The third-order valence-corrected chi connectivity index (χ3v) is 4.17. The Labute approximate surface area is 139 Å². The van der Waals surface area contributed by atoms with Crippen LogP contribution in [0, 0.1) is 12.8 Å². The first-order valence-corrected chi connectivity index (χ1v) is 7.86. The van der Waals surface area contributed by atoms with E-state index in [0.717, 1.165) is 0 Å². The average molecular weight is 344 g/mol. The average Bonchev–Trinajstić information content (AvgIpc) is 2.93. The summed E-state index contributed by atoms with van der Waals surface area (Å²) in [4.78, 5) is 25.4. The standard InChI is InChI=1S/C16H22F2N2O4/c1-10-13(16(22)23-2)7-12(24-10)8-19-15(21)11-3-5-20(6-4-11)9-14(17)18/h7,11,14H,3-6,8-9H2,1-2H3,(H,19,21). The molecule has 0 bridgehead atoms. The topological polar surface area (TPSA) is 71.8 Å². The molecular weight excluding hydrogens is 322 g/mol. The van der Waals surface area contributed by atoms with Crippen LogP contribution in [0.5, 0.6) is 0 Å². The molecule has 1 N–H and O–H groups in total. The van der Waals surface area contributed by atoms with Crippen LogP contribution in [-0.2, 0) is 16.1 Å². The summed E-state index contributed by atoms with van der Waals surface area (Å²) in [5, 5.41) is 2.77. The molecule has 1 saturated heterocycles. The predicted molar refractivity (Wildman–Crippen MR) is 81.8 cm³/mol. The van der Waals surface area contributed by atoms with Crippen molar-refractivity contribution in [2.45, 2.75) is 32.7 Å². The van der Waals surface area contributed by atoms with Crippen LogP contribution in [0.2, 0.25) is 0 Å². The summed E-state index contributed by atoms with van der Waals surface area (Å²) in [5.41, 5.74) is 0.335. The molecule has 0 unspecified atom stereocenters. The number of piperidine rings is 1. The van der Waals surface area contributed by atoms with Crippen LogP contribution >= 0.6 is 0 Å². The molecule has 1 aliphatic rings. The molecule has 0 spiro atoms. The minimum absolute atomic E-state index is 0.125. The van der Waals surface area contributed by atoms with Crippen LogP contribution in [0.25, 0.3) is 0 Å². The lowest BCUT2D eigenvalue weighted by molar-refractivity contribution is -0.126. The molecule has 0 aliphatic carbocycles. The first-order valence-electron chi connectivity index (χ1n) is 7.86. The summed E-state index contributed by atoms with van der Waals surface area (Å²) in [5.74, 6) is 0.110. The van der Waals surface area contributed by atoms with E-state index in [1.807, 2.05) is 0 Å². The third-order valence-electron chi connectivity index (χ3n) is 4.17. The molecular formula is C16H22F2N2O4. The molecule has 0 radical (unpaired) electrons. The van der Waals surface area contributed by atoms with Gasteiger partial charge in [0.1, 0.15) is 17.1 Å². The number of aryl methyl sites for hydroxylation is 1. The molecule has 2 rings (SSSR count). The van der Waals surface area contributed by atoms with Gasteiger partial charge in [0.25, 0.3) is 6.43 Å². The Kier molecular flexibility index (Phi) is 6.30. The fourth-order valence-electron chi connectivity index (χ4n) is 2.83. The zero-order chi connectivity index (χ0) is 17.7. The number of halogens is 2. The number of methoxy groups -OCH3 is 1. The molecule has 0 saturated carbocycles. The summed E-state index contributed by atoms with van der Waals surface area (Å²) in [7, 11) is 1.29. The number of nitrogens with zero attached hydrogens (tertiary/aromatic N) is 1. The molecule has 2 heterocycles. The van der Waals surface area contributed by atoms with E-state index in [1.165, 1.54) is 7.11 Å². The number of nitrogens with one attached hydrogen (secondary N) is 1. The van der Waals surface area contributed by atoms with Crippen molar-refractivity contribution in [3.05, 3.63) is 23.2 Å². The normalized spacial score (nSPS) is 16.4. The zero-order valence-electron chi connectivity index (χ0n) is 13.8. The predicted octanol–water partition coefficient (Wildman–Crippen LogP) is 1.97. The van der Waals surface area contributed by atoms with Crippen LogP contribution in [0.4, 0.5) is 8.78 Å². The molecule has 8 heteroatoms. The number of rotatable bonds is 6. The Morgan fingerprint density at radius 1 is 1.42 bits per heavy atom. The Morgan fingerprint density at radius 2 is 2.08 bits per heavy atom. The van der Waals surface area contributed by atoms with Gasteiger partial charge in [0, 0.05) is 5.92 Å². The molecule has 0 atom stereocenters. The molecule has 1 amide bonds. The summed E-state index contributed by atoms with van der Waals surface area (Å²) >= 11 is 0. The molecule has 0 aromatic carbocycles. The van der Waals surface area contributed by atoms with Gasteiger partial charge in [0.05, 0.1) is 20.2 Å². The van der Waals surface area contributed by atoms with Gasteiger partial charge in [-0.25, -0.2) is 13.6 Å². The lowest BCUT2D eigenvalue weighted by Crippen LogP contribution is -2.41. The fraction of sp³-hybridized carbons (Fsp3) is 0.625. The number of furan rings is 1. The quantitative estimate of drug-likeness (QED) is 0.799. The number of esters is 1. The van der Waals surface area contributed by atoms with Gasteiger partial charge in [-0.05, 0) is 38.9 Å². The van der Waals surface area contributed by atoms with Crippen LogP contribution in [0.15, 0.2) is 10.5 Å². The SMILES string of the molecule is COC(=O)c1cc(CNC(=O)C2CCN(CC(F)F)CC2)oc1C. The maximum absolute atomic E-state index is 12.3. The number of alkyl halides is 2. The van der Waals surface area contributed by atoms with Gasteiger partial charge in [-0.2, -0.15) is 0 Å². The number of carbonyl (C=O) groups is 2. The zero-order valence-corrected chi connectivity index (χ0v) is 13.8. The van der Waals surface area contributed by atoms with Crippen LogP contribution in [0.1, 0.15) is 34.7 Å². The van der Waals surface area contributed by atoms with Crippen molar-refractivity contribution in [1.29, 1.82) is 0 Å². The van der Waals surface area contributed by atoms with Crippen LogP contribution < -0.4 is 5.32 Å². The number of hydrogen-bond acceptors (Lipinski definition) is 5. The summed E-state index contributed by atoms with van der Waals surface area (Å²) < 4.78 is 34.7. The number of amides is 1. The van der Waals surface area contributed by atoms with Gasteiger partial charge in [-0.1, -0.05) is 0 Å². The maximum atomic E-state index is 12.3. The first-order chi connectivity index (χ1) is 11.4. The van der Waals surface area contributed by atoms with Crippen molar-refractivity contribution < 1.29 is 27.5 Å². The van der Waals surface area contributed by atoms with Crippen molar-refractivity contribution in [3.63, 3.8) is 0 Å². The van der Waals surface area contributed by atoms with E-state index in [4.69, 9.17) is 4.42 Å². The van der Waals surface area contributed by atoms with Crippen molar-refractivity contribution in [2.24, 2.45) is 5.92 Å². The van der Waals surface area contributed by atoms with Gasteiger partial charge >= 0.3 is 5.97 Å². The highest BCUT2D eigenvalue weighted by Crippen LogP contribution is 2.19. The van der Waals surface area contributed by atoms with Gasteiger partial charge in [-0.15, -0.1) is 0 Å². The third kappa shape index (κ3) is 4.77. The van der Waals surface area contributed by atoms with E-state index in [2.05, 4.69) is 10.1 Å². The minimum atomic E-state index is -2.35. The Morgan fingerprint density at radius 3 is 2.67 bits per heavy atom. The monoisotopic (exact) mass is 344 g/mol. The second-order valence-electron chi connectivity index (χ2n) is 5.86. The summed E-state index contributed by atoms with van der Waals surface area (Å²) in [6.45, 7) is 2.57. The van der Waals surface area contributed by atoms with E-state index in [0.29, 0.717) is 43.0 Å². The molecule has 1 aliphatic heterocycles. The van der Waals surface area contributed by atoms with E-state index in [-0.39, 0.29) is 24.9 Å². The first kappa shape index (κ1) is 18.4. The second kappa shape index (κ2) is 8.23. The molecule has 1 aromatic heterocycles. The van der Waals surface area contributed by atoms with Gasteiger partial charge < -0.3 is 14.5 Å². The van der Waals surface area contributed by atoms with E-state index in [9.17, 15) is 18.4 Å². The Balaban J connectivity index is 1.81. The number of ether oxygens (including phenoxy) is 1. The largest absolute Gasteiger partial charge is 0.465 e. The summed E-state index contributed by atoms with van der Waals surface area (Å²) in [6.07, 6.45) is -1.23. The van der Waals surface area contributed by atoms with Crippen molar-refractivity contribution >= 4 is 11.9 Å². The summed E-state index contributed by atoms with van der Waals surface area (Å²) in [6, 6.07) is 1.55.